The third-order valence-electron chi connectivity index (χ3n) is 6.76. The van der Waals surface area contributed by atoms with E-state index in [0.717, 1.165) is 16.5 Å². The summed E-state index contributed by atoms with van der Waals surface area (Å²) in [6, 6.07) is 20.1. The lowest BCUT2D eigenvalue weighted by Gasteiger charge is -2.13. The summed E-state index contributed by atoms with van der Waals surface area (Å²) in [4.78, 5) is 30.5. The third-order valence-corrected chi connectivity index (χ3v) is 6.76. The number of carbonyl (C=O) groups excluding carboxylic acids is 1. The summed E-state index contributed by atoms with van der Waals surface area (Å²) in [5.41, 5.74) is 3.11. The van der Waals surface area contributed by atoms with Gasteiger partial charge in [0.15, 0.2) is 17.3 Å². The van der Waals surface area contributed by atoms with Gasteiger partial charge in [0.25, 0.3) is 5.56 Å². The highest BCUT2D eigenvalue weighted by Crippen LogP contribution is 2.37. The van der Waals surface area contributed by atoms with Crippen LogP contribution in [0.4, 0.5) is 8.78 Å². The Balaban J connectivity index is 1.27. The highest BCUT2D eigenvalue weighted by atomic mass is 19.1. The van der Waals surface area contributed by atoms with Crippen LogP contribution in [-0.2, 0) is 6.42 Å². The summed E-state index contributed by atoms with van der Waals surface area (Å²) in [6.45, 7) is 1.72. The van der Waals surface area contributed by atoms with Crippen LogP contribution in [-0.4, -0.2) is 25.5 Å². The first-order valence-electron chi connectivity index (χ1n) is 12.7. The molecule has 0 saturated carbocycles. The Morgan fingerprint density at radius 2 is 1.78 bits per heavy atom. The molecule has 0 fully saturated rings. The highest BCUT2D eigenvalue weighted by molar-refractivity contribution is 5.97. The van der Waals surface area contributed by atoms with E-state index in [4.69, 9.17) is 4.74 Å². The minimum Gasteiger partial charge on any atom is -0.454 e. The Morgan fingerprint density at radius 3 is 2.54 bits per heavy atom. The molecule has 41 heavy (non-hydrogen) atoms. The smallest absolute Gasteiger partial charge is 0.266 e. The summed E-state index contributed by atoms with van der Waals surface area (Å²) >= 11 is 0. The molecule has 6 rings (SSSR count). The zero-order valence-electron chi connectivity index (χ0n) is 21.8. The number of nitrogens with one attached hydrogen (secondary N) is 1. The lowest BCUT2D eigenvalue weighted by molar-refractivity contribution is 0.0991. The largest absolute Gasteiger partial charge is 0.454 e. The lowest BCUT2D eigenvalue weighted by atomic mass is 10.0. The Hall–Kier alpha value is -5.44. The van der Waals surface area contributed by atoms with E-state index in [1.807, 2.05) is 12.1 Å². The third kappa shape index (κ3) is 5.12. The molecule has 0 aliphatic heterocycles. The number of hydrogen-bond donors (Lipinski definition) is 1. The van der Waals surface area contributed by atoms with Gasteiger partial charge in [0, 0.05) is 46.7 Å². The van der Waals surface area contributed by atoms with Gasteiger partial charge in [-0.05, 0) is 79.2 Å². The van der Waals surface area contributed by atoms with Crippen LogP contribution in [0.3, 0.4) is 0 Å². The first-order chi connectivity index (χ1) is 19.9. The Morgan fingerprint density at radius 1 is 0.951 bits per heavy atom. The van der Waals surface area contributed by atoms with E-state index in [1.165, 1.54) is 47.0 Å². The Labute approximate surface area is 232 Å². The summed E-state index contributed by atoms with van der Waals surface area (Å²) in [5.74, 6) is -1.18. The van der Waals surface area contributed by atoms with Gasteiger partial charge in [-0.1, -0.05) is 12.1 Å². The predicted octanol–water partition coefficient (Wildman–Crippen LogP) is 6.58. The molecule has 9 heteroatoms. The number of nitrogens with zero attached hydrogens (tertiary/aromatic N) is 3. The number of pyridine rings is 2. The number of rotatable bonds is 7. The second-order valence-corrected chi connectivity index (χ2v) is 9.52. The number of ketones is 1. The number of aryl methyl sites for hydroxylation is 1. The van der Waals surface area contributed by atoms with Crippen molar-refractivity contribution >= 4 is 16.7 Å². The standard InChI is InChI=1S/C32H22F2N4O3/c1-19-4-10-25(32(40)38(19)24-8-6-23(33)7-9-24)29(39)14-20-5-11-30(27(34)13-20)41-31-15-22-18-36-37-28(22)16-26(31)21-3-2-12-35-17-21/h2-13,15-18H,14H2,1H3,(H,36,37). The maximum Gasteiger partial charge on any atom is 0.266 e. The van der Waals surface area contributed by atoms with E-state index < -0.39 is 23.0 Å². The molecular formula is C32H22F2N4O3. The second-order valence-electron chi connectivity index (χ2n) is 9.52. The molecule has 1 N–H and O–H groups in total. The molecule has 0 atom stereocenters. The summed E-state index contributed by atoms with van der Waals surface area (Å²) in [7, 11) is 0. The SMILES string of the molecule is Cc1ccc(C(=O)Cc2ccc(Oc3cc4cn[nH]c4cc3-c3cccnc3)c(F)c2)c(=O)n1-c1ccc(F)cc1. The van der Waals surface area contributed by atoms with E-state index >= 15 is 4.39 Å². The second kappa shape index (κ2) is 10.6. The molecule has 3 heterocycles. The fourth-order valence-corrected chi connectivity index (χ4v) is 4.69. The monoisotopic (exact) mass is 548 g/mol. The van der Waals surface area contributed by atoms with Crippen molar-refractivity contribution in [2.45, 2.75) is 13.3 Å². The number of fused-ring (bicyclic) bond motifs is 1. The van der Waals surface area contributed by atoms with Crippen LogP contribution in [0.2, 0.25) is 0 Å². The summed E-state index contributed by atoms with van der Waals surface area (Å²) in [5, 5.41) is 7.78. The summed E-state index contributed by atoms with van der Waals surface area (Å²) in [6.07, 6.45) is 4.80. The zero-order chi connectivity index (χ0) is 28.5. The van der Waals surface area contributed by atoms with Crippen molar-refractivity contribution in [3.05, 3.63) is 136 Å². The minimum absolute atomic E-state index is 0.0248. The van der Waals surface area contributed by atoms with Crippen LogP contribution in [0.15, 0.2) is 102 Å². The van der Waals surface area contributed by atoms with Gasteiger partial charge >= 0.3 is 0 Å². The van der Waals surface area contributed by atoms with Gasteiger partial charge in [-0.15, -0.1) is 0 Å². The molecule has 3 aromatic heterocycles. The first kappa shape index (κ1) is 25.8. The number of hydrogen-bond acceptors (Lipinski definition) is 5. The summed E-state index contributed by atoms with van der Waals surface area (Å²) < 4.78 is 36.0. The molecule has 0 aliphatic rings. The Bertz CT molecular complexity index is 1970. The maximum absolute atomic E-state index is 15.3. The van der Waals surface area contributed by atoms with Crippen LogP contribution >= 0.6 is 0 Å². The van der Waals surface area contributed by atoms with Crippen molar-refractivity contribution in [2.75, 3.05) is 0 Å². The van der Waals surface area contributed by atoms with Gasteiger partial charge in [-0.25, -0.2) is 8.78 Å². The number of Topliss-reactive ketones (excluding diaryl/α,β-unsaturated/α-hetero) is 1. The van der Waals surface area contributed by atoms with Crippen molar-refractivity contribution in [2.24, 2.45) is 0 Å². The van der Waals surface area contributed by atoms with Gasteiger partial charge < -0.3 is 4.74 Å². The minimum atomic E-state index is -0.660. The molecule has 0 spiro atoms. The van der Waals surface area contributed by atoms with Crippen molar-refractivity contribution < 1.29 is 18.3 Å². The van der Waals surface area contributed by atoms with Crippen LogP contribution in [0.25, 0.3) is 27.7 Å². The van der Waals surface area contributed by atoms with Crippen LogP contribution in [0.5, 0.6) is 11.5 Å². The van der Waals surface area contributed by atoms with Crippen molar-refractivity contribution in [1.82, 2.24) is 19.7 Å². The fraction of sp³-hybridized carbons (Fsp3) is 0.0625. The first-order valence-corrected chi connectivity index (χ1v) is 12.7. The maximum atomic E-state index is 15.3. The number of aromatic amines is 1. The van der Waals surface area contributed by atoms with E-state index in [1.54, 1.807) is 49.8 Å². The normalized spacial score (nSPS) is 11.1. The number of ether oxygens (including phenoxy) is 1. The molecule has 7 nitrogen and oxygen atoms in total. The van der Waals surface area contributed by atoms with Gasteiger partial charge in [0.1, 0.15) is 11.6 Å². The molecule has 0 amide bonds. The molecule has 6 aromatic rings. The molecule has 202 valence electrons. The fourth-order valence-electron chi connectivity index (χ4n) is 4.69. The number of aromatic nitrogens is 4. The topological polar surface area (TPSA) is 89.9 Å². The van der Waals surface area contributed by atoms with E-state index in [9.17, 15) is 14.0 Å². The van der Waals surface area contributed by atoms with Crippen molar-refractivity contribution in [3.8, 4) is 28.3 Å². The molecule has 0 bridgehead atoms. The van der Waals surface area contributed by atoms with Crippen molar-refractivity contribution in [3.63, 3.8) is 0 Å². The zero-order valence-corrected chi connectivity index (χ0v) is 21.8. The highest BCUT2D eigenvalue weighted by Gasteiger charge is 2.18. The molecular weight excluding hydrogens is 526 g/mol. The quantitative estimate of drug-likeness (QED) is 0.228. The van der Waals surface area contributed by atoms with Gasteiger partial charge in [0.2, 0.25) is 0 Å². The Kier molecular flexibility index (Phi) is 6.68. The van der Waals surface area contributed by atoms with Crippen LogP contribution in [0, 0.1) is 18.6 Å². The van der Waals surface area contributed by atoms with Gasteiger partial charge in [-0.3, -0.25) is 24.2 Å². The molecule has 0 saturated heterocycles. The van der Waals surface area contributed by atoms with Gasteiger partial charge in [0.05, 0.1) is 17.3 Å². The average molecular weight is 549 g/mol. The molecule has 0 radical (unpaired) electrons. The molecule has 0 aliphatic carbocycles. The molecule has 0 unspecified atom stereocenters. The van der Waals surface area contributed by atoms with E-state index in [2.05, 4.69) is 15.2 Å². The lowest BCUT2D eigenvalue weighted by Crippen LogP contribution is -2.27. The number of halogens is 2. The number of H-pyrrole nitrogens is 1. The van der Waals surface area contributed by atoms with Crippen LogP contribution in [0.1, 0.15) is 21.6 Å². The average Bonchev–Trinajstić information content (AvgIpc) is 3.43. The number of benzene rings is 3. The van der Waals surface area contributed by atoms with Crippen molar-refractivity contribution in [1.29, 1.82) is 0 Å². The molecule has 3 aromatic carbocycles. The predicted molar refractivity (Wildman–Crippen MR) is 151 cm³/mol. The van der Waals surface area contributed by atoms with Crippen LogP contribution < -0.4 is 10.3 Å². The van der Waals surface area contributed by atoms with E-state index in [0.29, 0.717) is 28.3 Å². The van der Waals surface area contributed by atoms with Gasteiger partial charge in [-0.2, -0.15) is 5.10 Å². The van der Waals surface area contributed by atoms with E-state index in [-0.39, 0.29) is 17.7 Å². The number of carbonyl (C=O) groups is 1.